The van der Waals surface area contributed by atoms with Crippen LogP contribution in [0, 0.1) is 0 Å². The lowest BCUT2D eigenvalue weighted by Gasteiger charge is -2.40. The molecule has 0 aromatic heterocycles. The van der Waals surface area contributed by atoms with E-state index in [1.54, 1.807) is 6.92 Å². The zero-order valence-corrected chi connectivity index (χ0v) is 15.4. The number of esters is 1. The Kier molecular flexibility index (Phi) is 8.09. The smallest absolute Gasteiger partial charge is 0.410 e. The minimum Gasteiger partial charge on any atom is -0.463 e. The van der Waals surface area contributed by atoms with Crippen LogP contribution in [0.15, 0.2) is 11.8 Å². The van der Waals surface area contributed by atoms with Gasteiger partial charge in [-0.3, -0.25) is 0 Å². The quantitative estimate of drug-likeness (QED) is 0.584. The van der Waals surface area contributed by atoms with Crippen molar-refractivity contribution in [2.24, 2.45) is 5.73 Å². The van der Waals surface area contributed by atoms with Crippen LogP contribution in [0.3, 0.4) is 0 Å². The number of nitrogens with zero attached hydrogens (tertiary/aromatic N) is 1. The fourth-order valence-corrected chi connectivity index (χ4v) is 3.91. The van der Waals surface area contributed by atoms with E-state index < -0.39 is 5.97 Å². The summed E-state index contributed by atoms with van der Waals surface area (Å²) in [6, 6.07) is 0.555. The molecule has 2 aliphatic rings. The van der Waals surface area contributed by atoms with Gasteiger partial charge < -0.3 is 20.1 Å². The minimum atomic E-state index is -0.507. The van der Waals surface area contributed by atoms with Crippen LogP contribution in [-0.4, -0.2) is 42.3 Å². The van der Waals surface area contributed by atoms with Crippen molar-refractivity contribution in [3.05, 3.63) is 11.8 Å². The molecule has 2 saturated carbocycles. The molecule has 6 heteroatoms. The highest BCUT2D eigenvalue weighted by Crippen LogP contribution is 2.30. The van der Waals surface area contributed by atoms with Gasteiger partial charge >= 0.3 is 12.1 Å². The van der Waals surface area contributed by atoms with Crippen molar-refractivity contribution in [1.29, 1.82) is 0 Å². The van der Waals surface area contributed by atoms with Crippen LogP contribution in [0.25, 0.3) is 0 Å². The third-order valence-corrected chi connectivity index (χ3v) is 5.10. The van der Waals surface area contributed by atoms with Crippen LogP contribution in [0.5, 0.6) is 0 Å². The van der Waals surface area contributed by atoms with Gasteiger partial charge in [0.2, 0.25) is 0 Å². The van der Waals surface area contributed by atoms with E-state index >= 15 is 0 Å². The van der Waals surface area contributed by atoms with Gasteiger partial charge in [-0.1, -0.05) is 38.5 Å². The summed E-state index contributed by atoms with van der Waals surface area (Å²) in [5.74, 6) is -0.507. The molecule has 142 valence electrons. The van der Waals surface area contributed by atoms with Crippen LogP contribution in [0.1, 0.15) is 71.1 Å². The number of hydrogen-bond acceptors (Lipinski definition) is 5. The Morgan fingerprint density at radius 2 is 1.48 bits per heavy atom. The first kappa shape index (κ1) is 19.6. The molecular weight excluding hydrogens is 320 g/mol. The largest absolute Gasteiger partial charge is 0.463 e. The minimum absolute atomic E-state index is 0.0758. The topological polar surface area (TPSA) is 81.9 Å². The fourth-order valence-electron chi connectivity index (χ4n) is 3.91. The zero-order chi connectivity index (χ0) is 18.1. The van der Waals surface area contributed by atoms with Crippen molar-refractivity contribution < 1.29 is 19.1 Å². The third kappa shape index (κ3) is 6.25. The van der Waals surface area contributed by atoms with Crippen molar-refractivity contribution in [2.75, 3.05) is 13.2 Å². The molecule has 0 spiro atoms. The molecule has 2 rings (SSSR count). The van der Waals surface area contributed by atoms with Crippen LogP contribution < -0.4 is 5.73 Å². The maximum Gasteiger partial charge on any atom is 0.410 e. The van der Waals surface area contributed by atoms with Crippen molar-refractivity contribution in [2.45, 2.75) is 83.2 Å². The molecule has 2 aliphatic carbocycles. The number of ether oxygens (including phenoxy) is 2. The highest BCUT2D eigenvalue weighted by Gasteiger charge is 2.33. The first-order valence-corrected chi connectivity index (χ1v) is 9.69. The second kappa shape index (κ2) is 10.3. The van der Waals surface area contributed by atoms with Crippen molar-refractivity contribution in [1.82, 2.24) is 4.90 Å². The van der Waals surface area contributed by atoms with Crippen LogP contribution in [0.4, 0.5) is 4.79 Å². The molecule has 0 aromatic rings. The standard InChI is InChI=1S/C19H32N2O4/c1-2-24-18(22)13-15(20)14-25-19(23)21(16-9-5-3-6-10-16)17-11-7-4-8-12-17/h13,16-17H,2-12,14,20H2,1H3. The summed E-state index contributed by atoms with van der Waals surface area (Å²) in [6.45, 7) is 1.95. The van der Waals surface area contributed by atoms with Gasteiger partial charge in [-0.25, -0.2) is 9.59 Å². The molecule has 0 atom stereocenters. The Morgan fingerprint density at radius 1 is 0.960 bits per heavy atom. The fraction of sp³-hybridized carbons (Fsp3) is 0.789. The van der Waals surface area contributed by atoms with E-state index in [1.807, 2.05) is 4.90 Å². The van der Waals surface area contributed by atoms with Crippen molar-refractivity contribution in [3.63, 3.8) is 0 Å². The summed E-state index contributed by atoms with van der Waals surface area (Å²) in [4.78, 5) is 26.1. The Bertz CT molecular complexity index is 448. The zero-order valence-electron chi connectivity index (χ0n) is 15.4. The number of amides is 1. The Morgan fingerprint density at radius 3 is 1.96 bits per heavy atom. The normalized spacial score (nSPS) is 20.1. The molecule has 0 bridgehead atoms. The van der Waals surface area contributed by atoms with Crippen molar-refractivity contribution in [3.8, 4) is 0 Å². The van der Waals surface area contributed by atoms with E-state index in [0.29, 0.717) is 6.61 Å². The maximum absolute atomic E-state index is 12.8. The third-order valence-electron chi connectivity index (χ3n) is 5.10. The van der Waals surface area contributed by atoms with Gasteiger partial charge in [0, 0.05) is 18.2 Å². The van der Waals surface area contributed by atoms with Crippen molar-refractivity contribution >= 4 is 12.1 Å². The number of hydrogen-bond donors (Lipinski definition) is 1. The number of carbonyl (C=O) groups excluding carboxylic acids is 2. The van der Waals surface area contributed by atoms with Gasteiger partial charge in [0.25, 0.3) is 0 Å². The SMILES string of the molecule is CCOC(=O)C=C(N)COC(=O)N(C1CCCCC1)C1CCCCC1. The monoisotopic (exact) mass is 352 g/mol. The van der Waals surface area contributed by atoms with Gasteiger partial charge in [0.15, 0.2) is 0 Å². The summed E-state index contributed by atoms with van der Waals surface area (Å²) < 4.78 is 10.2. The van der Waals surface area contributed by atoms with E-state index in [9.17, 15) is 9.59 Å². The van der Waals surface area contributed by atoms with Gasteiger partial charge in [-0.15, -0.1) is 0 Å². The molecule has 1 amide bonds. The van der Waals surface area contributed by atoms with Crippen LogP contribution in [0.2, 0.25) is 0 Å². The number of rotatable bonds is 6. The summed E-state index contributed by atoms with van der Waals surface area (Å²) in [7, 11) is 0. The second-order valence-corrected chi connectivity index (χ2v) is 7.02. The van der Waals surface area contributed by atoms with Gasteiger partial charge in [0.1, 0.15) is 6.61 Å². The van der Waals surface area contributed by atoms with Crippen LogP contribution in [-0.2, 0) is 14.3 Å². The maximum atomic E-state index is 12.8. The lowest BCUT2D eigenvalue weighted by molar-refractivity contribution is -0.137. The molecule has 2 N–H and O–H groups in total. The first-order chi connectivity index (χ1) is 12.1. The number of nitrogens with two attached hydrogens (primary N) is 1. The molecule has 0 saturated heterocycles. The molecule has 0 aromatic carbocycles. The average Bonchev–Trinajstić information content (AvgIpc) is 2.62. The summed E-state index contributed by atoms with van der Waals surface area (Å²) >= 11 is 0. The predicted molar refractivity (Wildman–Crippen MR) is 95.8 cm³/mol. The van der Waals surface area contributed by atoms with Gasteiger partial charge in [0.05, 0.1) is 12.3 Å². The summed E-state index contributed by atoms with van der Waals surface area (Å²) in [5.41, 5.74) is 5.98. The molecule has 0 radical (unpaired) electrons. The lowest BCUT2D eigenvalue weighted by Crippen LogP contribution is -2.49. The van der Waals surface area contributed by atoms with E-state index in [2.05, 4.69) is 0 Å². The molecule has 25 heavy (non-hydrogen) atoms. The molecule has 2 fully saturated rings. The molecular formula is C19H32N2O4. The van der Waals surface area contributed by atoms with Gasteiger partial charge in [-0.2, -0.15) is 0 Å². The van der Waals surface area contributed by atoms with Gasteiger partial charge in [-0.05, 0) is 32.6 Å². The van der Waals surface area contributed by atoms with E-state index in [-0.39, 0.29) is 30.5 Å². The predicted octanol–water partition coefficient (Wildman–Crippen LogP) is 3.50. The summed E-state index contributed by atoms with van der Waals surface area (Å²) in [5, 5.41) is 0. The van der Waals surface area contributed by atoms with Crippen LogP contribution >= 0.6 is 0 Å². The van der Waals surface area contributed by atoms with E-state index in [0.717, 1.165) is 25.7 Å². The molecule has 6 nitrogen and oxygen atoms in total. The molecule has 0 heterocycles. The number of carbonyl (C=O) groups is 2. The average molecular weight is 352 g/mol. The molecule has 0 unspecified atom stereocenters. The highest BCUT2D eigenvalue weighted by atomic mass is 16.6. The lowest BCUT2D eigenvalue weighted by atomic mass is 9.89. The second-order valence-electron chi connectivity index (χ2n) is 7.02. The highest BCUT2D eigenvalue weighted by molar-refractivity contribution is 5.82. The van der Waals surface area contributed by atoms with E-state index in [4.69, 9.17) is 15.2 Å². The summed E-state index contributed by atoms with van der Waals surface area (Å²) in [6.07, 6.45) is 12.3. The Hall–Kier alpha value is -1.72. The molecule has 0 aliphatic heterocycles. The Labute approximate surface area is 150 Å². The van der Waals surface area contributed by atoms with E-state index in [1.165, 1.54) is 44.6 Å². The Balaban J connectivity index is 1.95. The first-order valence-electron chi connectivity index (χ1n) is 9.69.